The summed E-state index contributed by atoms with van der Waals surface area (Å²) in [5.41, 5.74) is -0.111. The van der Waals surface area contributed by atoms with Crippen LogP contribution in [0.15, 0.2) is 18.2 Å². The van der Waals surface area contributed by atoms with Gasteiger partial charge < -0.3 is 10.2 Å². The third-order valence-electron chi connectivity index (χ3n) is 1.59. The lowest BCUT2D eigenvalue weighted by molar-refractivity contribution is -0.385. The Morgan fingerprint density at radius 2 is 1.89 bits per heavy atom. The van der Waals surface area contributed by atoms with Crippen LogP contribution in [-0.2, 0) is 21.3 Å². The molecule has 0 fully saturated rings. The van der Waals surface area contributed by atoms with Crippen LogP contribution in [-0.4, -0.2) is 40.3 Å². The van der Waals surface area contributed by atoms with Crippen LogP contribution < -0.4 is 0 Å². The van der Waals surface area contributed by atoms with Crippen molar-refractivity contribution in [2.24, 2.45) is 0 Å². The van der Waals surface area contributed by atoms with Crippen LogP contribution in [0.25, 0.3) is 0 Å². The molecule has 0 bridgehead atoms. The normalized spacial score (nSPS) is 10.2. The Labute approximate surface area is 108 Å². The molecule has 0 unspecified atom stereocenters. The summed E-state index contributed by atoms with van der Waals surface area (Å²) < 4.78 is 25.9. The highest BCUT2D eigenvalue weighted by Crippen LogP contribution is 2.26. The first-order valence-electron chi connectivity index (χ1n) is 4.61. The lowest BCUT2D eigenvalue weighted by atomic mass is 10.1. The number of aromatic hydroxyl groups is 1. The van der Waals surface area contributed by atoms with Crippen molar-refractivity contribution in [2.45, 2.75) is 6.42 Å². The molecule has 0 spiro atoms. The van der Waals surface area contributed by atoms with E-state index in [1.165, 1.54) is 6.07 Å². The van der Waals surface area contributed by atoms with Crippen molar-refractivity contribution in [3.63, 3.8) is 0 Å². The van der Waals surface area contributed by atoms with E-state index in [2.05, 4.69) is 0 Å². The number of carboxylic acid groups (broad SMARTS) is 1. The molecular weight excluding hydrogens is 282 g/mol. The molecule has 0 amide bonds. The standard InChI is InChI=1S/C8H7NO5.CH4O3S/c10-7-3-5(4-8(11)12)1-2-6(7)9(13)14;1-5(2,3)4/h1-3,10H,4H2,(H,11,12);1H3,(H,2,3,4). The number of phenolic OH excluding ortho intramolecular Hbond substituents is 1. The van der Waals surface area contributed by atoms with Gasteiger partial charge in [0.05, 0.1) is 17.6 Å². The predicted molar refractivity (Wildman–Crippen MR) is 63.6 cm³/mol. The molecule has 1 rings (SSSR count). The fourth-order valence-corrected chi connectivity index (χ4v) is 1.01. The lowest BCUT2D eigenvalue weighted by Crippen LogP contribution is -2.00. The Hall–Kier alpha value is -2.20. The number of nitrogens with zero attached hydrogens (tertiary/aromatic N) is 1. The molecule has 0 heterocycles. The topological polar surface area (TPSA) is 155 Å². The maximum absolute atomic E-state index is 10.3. The molecule has 0 aromatic heterocycles. The summed E-state index contributed by atoms with van der Waals surface area (Å²) in [6.07, 6.45) is 0.443. The first-order chi connectivity index (χ1) is 8.50. The van der Waals surface area contributed by atoms with E-state index in [0.29, 0.717) is 11.8 Å². The van der Waals surface area contributed by atoms with Crippen molar-refractivity contribution >= 4 is 21.8 Å². The zero-order chi connectivity index (χ0) is 15.2. The number of carboxylic acids is 1. The molecule has 0 aliphatic rings. The summed E-state index contributed by atoms with van der Waals surface area (Å²) >= 11 is 0. The molecule has 9 nitrogen and oxygen atoms in total. The van der Waals surface area contributed by atoms with E-state index >= 15 is 0 Å². The quantitative estimate of drug-likeness (QED) is 0.411. The predicted octanol–water partition coefficient (Wildman–Crippen LogP) is 0.432. The molecule has 19 heavy (non-hydrogen) atoms. The molecule has 0 radical (unpaired) electrons. The van der Waals surface area contributed by atoms with Crippen molar-refractivity contribution in [2.75, 3.05) is 6.26 Å². The van der Waals surface area contributed by atoms with Crippen LogP contribution in [0.4, 0.5) is 5.69 Å². The minimum atomic E-state index is -3.67. The molecule has 0 saturated heterocycles. The monoisotopic (exact) mass is 293 g/mol. The van der Waals surface area contributed by atoms with Gasteiger partial charge in [0, 0.05) is 6.07 Å². The molecule has 106 valence electrons. The number of phenols is 1. The third-order valence-corrected chi connectivity index (χ3v) is 1.59. The maximum Gasteiger partial charge on any atom is 0.310 e. The Morgan fingerprint density at radius 1 is 1.42 bits per heavy atom. The van der Waals surface area contributed by atoms with Crippen LogP contribution in [0.3, 0.4) is 0 Å². The van der Waals surface area contributed by atoms with E-state index in [1.54, 1.807) is 0 Å². The second-order valence-corrected chi connectivity index (χ2v) is 4.85. The molecular formula is C9H11NO8S. The average molecular weight is 293 g/mol. The summed E-state index contributed by atoms with van der Waals surface area (Å²) in [7, 11) is -3.67. The number of rotatable bonds is 3. The first kappa shape index (κ1) is 16.8. The molecule has 3 N–H and O–H groups in total. The number of nitro benzene ring substituents is 1. The van der Waals surface area contributed by atoms with Gasteiger partial charge in [-0.3, -0.25) is 19.5 Å². The summed E-state index contributed by atoms with van der Waals surface area (Å²) in [6, 6.07) is 3.45. The SMILES string of the molecule is CS(=O)(=O)O.O=C(O)Cc1ccc([N+](=O)[O-])c(O)c1. The van der Waals surface area contributed by atoms with Crippen LogP contribution in [0.1, 0.15) is 5.56 Å². The summed E-state index contributed by atoms with van der Waals surface area (Å²) in [5.74, 6) is -1.58. The van der Waals surface area contributed by atoms with Gasteiger partial charge in [-0.25, -0.2) is 0 Å². The highest BCUT2D eigenvalue weighted by molar-refractivity contribution is 7.85. The van der Waals surface area contributed by atoms with Crippen LogP contribution in [0.5, 0.6) is 5.75 Å². The molecule has 1 aromatic carbocycles. The summed E-state index contributed by atoms with van der Waals surface area (Å²) in [4.78, 5) is 19.8. The van der Waals surface area contributed by atoms with Crippen LogP contribution in [0, 0.1) is 10.1 Å². The van der Waals surface area contributed by atoms with Gasteiger partial charge in [0.2, 0.25) is 0 Å². The van der Waals surface area contributed by atoms with Crippen molar-refractivity contribution in [3.8, 4) is 5.75 Å². The van der Waals surface area contributed by atoms with Crippen LogP contribution >= 0.6 is 0 Å². The number of benzene rings is 1. The van der Waals surface area contributed by atoms with Gasteiger partial charge in [0.25, 0.3) is 10.1 Å². The number of hydrogen-bond acceptors (Lipinski definition) is 6. The number of carbonyl (C=O) groups is 1. The summed E-state index contributed by atoms with van der Waals surface area (Å²) in [5, 5.41) is 27.8. The Bertz CT molecular complexity index is 572. The van der Waals surface area contributed by atoms with E-state index < -0.39 is 32.4 Å². The van der Waals surface area contributed by atoms with Gasteiger partial charge in [0.1, 0.15) is 0 Å². The lowest BCUT2D eigenvalue weighted by Gasteiger charge is -1.98. The van der Waals surface area contributed by atoms with Gasteiger partial charge in [-0.15, -0.1) is 0 Å². The second-order valence-electron chi connectivity index (χ2n) is 3.38. The van der Waals surface area contributed by atoms with E-state index in [4.69, 9.17) is 14.8 Å². The van der Waals surface area contributed by atoms with E-state index in [1.807, 2.05) is 0 Å². The second kappa shape index (κ2) is 6.66. The fourth-order valence-electron chi connectivity index (χ4n) is 1.01. The Balaban J connectivity index is 0.000000555. The Morgan fingerprint density at radius 3 is 2.21 bits per heavy atom. The third kappa shape index (κ3) is 8.51. The average Bonchev–Trinajstić information content (AvgIpc) is 2.12. The van der Waals surface area contributed by atoms with Gasteiger partial charge >= 0.3 is 11.7 Å². The highest BCUT2D eigenvalue weighted by atomic mass is 32.2. The zero-order valence-corrected chi connectivity index (χ0v) is 10.5. The van der Waals surface area contributed by atoms with Gasteiger partial charge in [-0.2, -0.15) is 8.42 Å². The molecule has 0 saturated carbocycles. The molecule has 10 heteroatoms. The first-order valence-corrected chi connectivity index (χ1v) is 6.46. The van der Waals surface area contributed by atoms with Gasteiger partial charge in [-0.1, -0.05) is 6.07 Å². The van der Waals surface area contributed by atoms with Gasteiger partial charge in [-0.05, 0) is 11.6 Å². The Kier molecular flexibility index (Phi) is 5.89. The minimum Gasteiger partial charge on any atom is -0.502 e. The van der Waals surface area contributed by atoms with E-state index in [9.17, 15) is 23.3 Å². The molecule has 0 aliphatic heterocycles. The number of hydrogen-bond donors (Lipinski definition) is 3. The maximum atomic E-state index is 10.3. The van der Waals surface area contributed by atoms with Crippen molar-refractivity contribution in [1.29, 1.82) is 0 Å². The molecule has 0 atom stereocenters. The number of nitro groups is 1. The molecule has 0 aliphatic carbocycles. The van der Waals surface area contributed by atoms with Crippen LogP contribution in [0.2, 0.25) is 0 Å². The van der Waals surface area contributed by atoms with Gasteiger partial charge in [0.15, 0.2) is 5.75 Å². The minimum absolute atomic E-state index is 0.272. The van der Waals surface area contributed by atoms with Crippen molar-refractivity contribution < 1.29 is 32.9 Å². The molecule has 1 aromatic rings. The highest BCUT2D eigenvalue weighted by Gasteiger charge is 2.13. The zero-order valence-electron chi connectivity index (χ0n) is 9.68. The van der Waals surface area contributed by atoms with E-state index in [0.717, 1.165) is 12.1 Å². The van der Waals surface area contributed by atoms with E-state index in [-0.39, 0.29) is 6.42 Å². The smallest absolute Gasteiger partial charge is 0.310 e. The number of aliphatic carboxylic acids is 1. The largest absolute Gasteiger partial charge is 0.502 e. The summed E-state index contributed by atoms with van der Waals surface area (Å²) in [6.45, 7) is 0. The van der Waals surface area contributed by atoms with Crippen molar-refractivity contribution in [3.05, 3.63) is 33.9 Å². The van der Waals surface area contributed by atoms with Crippen molar-refractivity contribution in [1.82, 2.24) is 0 Å². The fraction of sp³-hybridized carbons (Fsp3) is 0.222.